The minimum Gasteiger partial charge on any atom is -0.508 e. The maximum Gasteiger partial charge on any atom is 0.410 e. The topological polar surface area (TPSA) is 87.1 Å². The molecule has 150 valence electrons. The number of phenols is 1. The average Bonchev–Trinajstić information content (AvgIpc) is 2.58. The fourth-order valence-electron chi connectivity index (χ4n) is 2.77. The van der Waals surface area contributed by atoms with Gasteiger partial charge in [-0.1, -0.05) is 42.5 Å². The number of hydrogen-bond acceptors (Lipinski definition) is 4. The van der Waals surface area contributed by atoms with Gasteiger partial charge in [0.15, 0.2) is 0 Å². The van der Waals surface area contributed by atoms with Gasteiger partial charge in [0.2, 0.25) is 0 Å². The van der Waals surface area contributed by atoms with E-state index in [0.29, 0.717) is 18.5 Å². The van der Waals surface area contributed by atoms with Crippen LogP contribution in [0.15, 0.2) is 48.5 Å². The number of ether oxygens (including phenoxy) is 1. The number of carboxylic acids is 1. The Balaban J connectivity index is 2.17. The first-order valence-corrected chi connectivity index (χ1v) is 9.18. The molecule has 6 heteroatoms. The summed E-state index contributed by atoms with van der Waals surface area (Å²) in [6.07, 6.45) is -0.0506. The zero-order valence-electron chi connectivity index (χ0n) is 16.5. The van der Waals surface area contributed by atoms with Crippen molar-refractivity contribution in [3.05, 3.63) is 65.2 Å². The Morgan fingerprint density at radius 3 is 2.36 bits per heavy atom. The molecule has 0 aromatic heterocycles. The molecule has 0 atom stereocenters. The molecule has 0 aliphatic rings. The highest BCUT2D eigenvalue weighted by Crippen LogP contribution is 2.19. The molecule has 1 amide bonds. The molecule has 0 heterocycles. The molecule has 0 aliphatic heterocycles. The van der Waals surface area contributed by atoms with Crippen LogP contribution in [0.5, 0.6) is 5.75 Å². The molecule has 0 unspecified atom stereocenters. The van der Waals surface area contributed by atoms with Crippen molar-refractivity contribution in [2.45, 2.75) is 45.8 Å². The quantitative estimate of drug-likeness (QED) is 0.752. The summed E-state index contributed by atoms with van der Waals surface area (Å²) in [4.78, 5) is 25.2. The largest absolute Gasteiger partial charge is 0.508 e. The van der Waals surface area contributed by atoms with Crippen LogP contribution in [-0.2, 0) is 28.9 Å². The minimum absolute atomic E-state index is 0.0713. The number of carboxylic acid groups (broad SMARTS) is 1. The van der Waals surface area contributed by atoms with Gasteiger partial charge in [0.05, 0.1) is 6.42 Å². The Hall–Kier alpha value is -3.02. The molecule has 0 fully saturated rings. The number of carbonyl (C=O) groups is 2. The van der Waals surface area contributed by atoms with Gasteiger partial charge in [-0.2, -0.15) is 0 Å². The smallest absolute Gasteiger partial charge is 0.410 e. The van der Waals surface area contributed by atoms with Crippen molar-refractivity contribution in [2.75, 3.05) is 6.54 Å². The van der Waals surface area contributed by atoms with Gasteiger partial charge < -0.3 is 19.8 Å². The zero-order valence-corrected chi connectivity index (χ0v) is 16.5. The normalized spacial score (nSPS) is 11.1. The number of para-hydroxylation sites is 1. The Kier molecular flexibility index (Phi) is 7.04. The van der Waals surface area contributed by atoms with Crippen LogP contribution in [0.3, 0.4) is 0 Å². The molecule has 2 aromatic carbocycles. The summed E-state index contributed by atoms with van der Waals surface area (Å²) in [5, 5.41) is 19.0. The highest BCUT2D eigenvalue weighted by Gasteiger charge is 2.22. The van der Waals surface area contributed by atoms with Gasteiger partial charge >= 0.3 is 12.1 Å². The van der Waals surface area contributed by atoms with E-state index < -0.39 is 17.7 Å². The highest BCUT2D eigenvalue weighted by molar-refractivity contribution is 5.70. The summed E-state index contributed by atoms with van der Waals surface area (Å²) in [5.41, 5.74) is 1.61. The number of hydrogen-bond donors (Lipinski definition) is 2. The van der Waals surface area contributed by atoms with E-state index in [9.17, 15) is 14.7 Å². The van der Waals surface area contributed by atoms with Crippen molar-refractivity contribution in [1.82, 2.24) is 4.90 Å². The lowest BCUT2D eigenvalue weighted by atomic mass is 10.1. The van der Waals surface area contributed by atoms with Gasteiger partial charge in [-0.15, -0.1) is 0 Å². The average molecular weight is 385 g/mol. The number of nitrogens with zero attached hydrogens (tertiary/aromatic N) is 1. The predicted octanol–water partition coefficient (Wildman–Crippen LogP) is 4.00. The lowest BCUT2D eigenvalue weighted by molar-refractivity contribution is -0.136. The van der Waals surface area contributed by atoms with Crippen LogP contribution in [0.1, 0.15) is 37.5 Å². The lowest BCUT2D eigenvalue weighted by Gasteiger charge is -2.27. The number of phenolic OH excluding ortho intramolecular Hbond substituents is 1. The van der Waals surface area contributed by atoms with E-state index in [1.807, 2.05) is 18.2 Å². The lowest BCUT2D eigenvalue weighted by Crippen LogP contribution is -2.37. The number of carbonyl (C=O) groups excluding carboxylic acids is 1. The number of rotatable bonds is 7. The summed E-state index contributed by atoms with van der Waals surface area (Å²) >= 11 is 0. The van der Waals surface area contributed by atoms with Gasteiger partial charge in [-0.3, -0.25) is 4.79 Å². The van der Waals surface area contributed by atoms with Crippen molar-refractivity contribution in [3.63, 3.8) is 0 Å². The van der Waals surface area contributed by atoms with Crippen LogP contribution in [0.25, 0.3) is 0 Å². The molecule has 6 nitrogen and oxygen atoms in total. The molecule has 0 saturated carbocycles. The second-order valence-corrected chi connectivity index (χ2v) is 7.67. The molecule has 0 radical (unpaired) electrons. The fourth-order valence-corrected chi connectivity index (χ4v) is 2.77. The van der Waals surface area contributed by atoms with Crippen molar-refractivity contribution < 1.29 is 24.5 Å². The molecule has 2 N–H and O–H groups in total. The number of aliphatic carboxylic acids is 1. The van der Waals surface area contributed by atoms with Gasteiger partial charge in [-0.25, -0.2) is 4.79 Å². The van der Waals surface area contributed by atoms with Crippen molar-refractivity contribution >= 4 is 12.1 Å². The second kappa shape index (κ2) is 9.26. The molecule has 0 aliphatic carbocycles. The highest BCUT2D eigenvalue weighted by atomic mass is 16.6. The summed E-state index contributed by atoms with van der Waals surface area (Å²) in [7, 11) is 0. The molecular weight excluding hydrogens is 358 g/mol. The standard InChI is InChI=1S/C22H27NO5/c1-22(2,3)28-21(27)23(12-11-18-9-4-5-10-19(18)24)15-17-8-6-7-16(13-17)14-20(25)26/h4-10,13,24H,11-12,14-15H2,1-3H3,(H,25,26). The minimum atomic E-state index is -0.902. The number of benzene rings is 2. The van der Waals surface area contributed by atoms with Crippen LogP contribution < -0.4 is 0 Å². The van der Waals surface area contributed by atoms with E-state index in [0.717, 1.165) is 11.1 Å². The molecule has 2 rings (SSSR count). The Morgan fingerprint density at radius 2 is 1.71 bits per heavy atom. The van der Waals surface area contributed by atoms with Crippen LogP contribution in [-0.4, -0.2) is 39.3 Å². The zero-order chi connectivity index (χ0) is 20.7. The first-order chi connectivity index (χ1) is 13.1. The molecule has 28 heavy (non-hydrogen) atoms. The van der Waals surface area contributed by atoms with Crippen molar-refractivity contribution in [1.29, 1.82) is 0 Å². The molecule has 0 spiro atoms. The van der Waals surface area contributed by atoms with E-state index >= 15 is 0 Å². The van der Waals surface area contributed by atoms with E-state index in [-0.39, 0.29) is 18.7 Å². The first kappa shape index (κ1) is 21.3. The van der Waals surface area contributed by atoms with E-state index in [2.05, 4.69) is 0 Å². The molecule has 0 bridgehead atoms. The third kappa shape index (κ3) is 6.95. The maximum atomic E-state index is 12.7. The van der Waals surface area contributed by atoms with Crippen LogP contribution in [0.4, 0.5) is 4.79 Å². The maximum absolute atomic E-state index is 12.7. The van der Waals surface area contributed by atoms with E-state index in [1.165, 1.54) is 0 Å². The SMILES string of the molecule is CC(C)(C)OC(=O)N(CCc1ccccc1O)Cc1cccc(CC(=O)O)c1. The van der Waals surface area contributed by atoms with Gasteiger partial charge in [0.1, 0.15) is 11.4 Å². The third-order valence-corrected chi connectivity index (χ3v) is 4.01. The number of amides is 1. The van der Waals surface area contributed by atoms with E-state index in [4.69, 9.17) is 9.84 Å². The monoisotopic (exact) mass is 385 g/mol. The van der Waals surface area contributed by atoms with Crippen molar-refractivity contribution in [3.8, 4) is 5.75 Å². The summed E-state index contributed by atoms with van der Waals surface area (Å²) in [6, 6.07) is 14.2. The van der Waals surface area contributed by atoms with Crippen LogP contribution >= 0.6 is 0 Å². The fraction of sp³-hybridized carbons (Fsp3) is 0.364. The summed E-state index contributed by atoms with van der Waals surface area (Å²) in [6.45, 7) is 6.06. The summed E-state index contributed by atoms with van der Waals surface area (Å²) < 4.78 is 5.52. The first-order valence-electron chi connectivity index (χ1n) is 9.18. The molecular formula is C22H27NO5. The van der Waals surface area contributed by atoms with Gasteiger partial charge in [-0.05, 0) is 49.9 Å². The second-order valence-electron chi connectivity index (χ2n) is 7.67. The Labute approximate surface area is 165 Å². The van der Waals surface area contributed by atoms with Gasteiger partial charge in [0.25, 0.3) is 0 Å². The molecule has 0 saturated heterocycles. The van der Waals surface area contributed by atoms with E-state index in [1.54, 1.807) is 56.0 Å². The van der Waals surface area contributed by atoms with Gasteiger partial charge in [0, 0.05) is 13.1 Å². The summed E-state index contributed by atoms with van der Waals surface area (Å²) in [5.74, 6) is -0.712. The van der Waals surface area contributed by atoms with Crippen LogP contribution in [0, 0.1) is 0 Å². The number of aromatic hydroxyl groups is 1. The van der Waals surface area contributed by atoms with Crippen molar-refractivity contribution in [2.24, 2.45) is 0 Å². The molecule has 2 aromatic rings. The Morgan fingerprint density at radius 1 is 1.04 bits per heavy atom. The Bertz CT molecular complexity index is 826. The predicted molar refractivity (Wildman–Crippen MR) is 106 cm³/mol. The third-order valence-electron chi connectivity index (χ3n) is 4.01. The van der Waals surface area contributed by atoms with Crippen LogP contribution in [0.2, 0.25) is 0 Å².